The number of rotatable bonds is 5. The fourth-order valence-electron chi connectivity index (χ4n) is 2.64. The van der Waals surface area contributed by atoms with Gasteiger partial charge in [-0.25, -0.2) is 0 Å². The van der Waals surface area contributed by atoms with Crippen molar-refractivity contribution in [3.05, 3.63) is 17.8 Å². The molecule has 1 aromatic rings. The summed E-state index contributed by atoms with van der Waals surface area (Å²) in [6, 6.07) is 3.87. The van der Waals surface area contributed by atoms with E-state index in [0.717, 1.165) is 18.2 Å². The van der Waals surface area contributed by atoms with Gasteiger partial charge in [-0.15, -0.1) is 5.10 Å². The topological polar surface area (TPSA) is 47.0 Å². The lowest BCUT2D eigenvalue weighted by molar-refractivity contribution is -0.0522. The van der Waals surface area contributed by atoms with E-state index in [1.807, 2.05) is 19.1 Å². The van der Waals surface area contributed by atoms with Crippen LogP contribution in [0.15, 0.2) is 12.1 Å². The Labute approximate surface area is 95.4 Å². The third-order valence-electron chi connectivity index (χ3n) is 3.67. The lowest BCUT2D eigenvalue weighted by Gasteiger charge is -2.62. The molecule has 0 saturated heterocycles. The normalized spacial score (nSPS) is 30.4. The highest BCUT2D eigenvalue weighted by Gasteiger charge is 2.55. The molecular weight excluding hydrogens is 202 g/mol. The lowest BCUT2D eigenvalue weighted by Crippen LogP contribution is -2.66. The average Bonchev–Trinajstić information content (AvgIpc) is 2.17. The molecule has 1 heterocycles. The second-order valence-corrected chi connectivity index (χ2v) is 4.91. The average molecular weight is 219 g/mol. The number of aromatic nitrogens is 2. The second kappa shape index (κ2) is 3.70. The molecule has 16 heavy (non-hydrogen) atoms. The number of hydrogen-bond acceptors (Lipinski definition) is 4. The van der Waals surface area contributed by atoms with E-state index < -0.39 is 0 Å². The van der Waals surface area contributed by atoms with Crippen LogP contribution in [-0.4, -0.2) is 22.3 Å². The SMILES string of the molecule is CCOc1ccc(CNC23CC(C2)C3)nn1. The molecule has 0 aromatic carbocycles. The van der Waals surface area contributed by atoms with Gasteiger partial charge in [-0.3, -0.25) is 0 Å². The van der Waals surface area contributed by atoms with Gasteiger partial charge in [-0.2, -0.15) is 5.10 Å². The summed E-state index contributed by atoms with van der Waals surface area (Å²) in [5.41, 5.74) is 1.46. The van der Waals surface area contributed by atoms with Gasteiger partial charge >= 0.3 is 0 Å². The van der Waals surface area contributed by atoms with Crippen molar-refractivity contribution in [1.29, 1.82) is 0 Å². The maximum atomic E-state index is 5.25. The molecule has 4 heteroatoms. The lowest BCUT2D eigenvalue weighted by atomic mass is 9.50. The van der Waals surface area contributed by atoms with E-state index in [1.165, 1.54) is 19.3 Å². The fourth-order valence-corrected chi connectivity index (χ4v) is 2.64. The molecule has 0 spiro atoms. The summed E-state index contributed by atoms with van der Waals surface area (Å²) in [5, 5.41) is 11.7. The summed E-state index contributed by atoms with van der Waals surface area (Å²) < 4.78 is 5.25. The third kappa shape index (κ3) is 1.67. The Morgan fingerprint density at radius 3 is 2.69 bits per heavy atom. The monoisotopic (exact) mass is 219 g/mol. The zero-order valence-electron chi connectivity index (χ0n) is 9.57. The molecular formula is C12H17N3O. The van der Waals surface area contributed by atoms with Crippen LogP contribution < -0.4 is 10.1 Å². The summed E-state index contributed by atoms with van der Waals surface area (Å²) in [6.45, 7) is 3.41. The Morgan fingerprint density at radius 1 is 1.38 bits per heavy atom. The van der Waals surface area contributed by atoms with Gasteiger partial charge in [0.2, 0.25) is 5.88 Å². The van der Waals surface area contributed by atoms with E-state index in [2.05, 4.69) is 15.5 Å². The second-order valence-electron chi connectivity index (χ2n) is 4.91. The molecule has 0 aliphatic heterocycles. The van der Waals surface area contributed by atoms with Crippen LogP contribution in [0.1, 0.15) is 31.9 Å². The van der Waals surface area contributed by atoms with Crippen molar-refractivity contribution in [2.45, 2.75) is 38.3 Å². The molecule has 3 saturated carbocycles. The molecule has 0 amide bonds. The molecule has 0 unspecified atom stereocenters. The molecule has 1 N–H and O–H groups in total. The van der Waals surface area contributed by atoms with Gasteiger partial charge in [0.25, 0.3) is 0 Å². The van der Waals surface area contributed by atoms with Crippen molar-refractivity contribution in [2.24, 2.45) is 5.92 Å². The highest BCUT2D eigenvalue weighted by Crippen LogP contribution is 2.56. The number of ether oxygens (including phenoxy) is 1. The summed E-state index contributed by atoms with van der Waals surface area (Å²) in [5.74, 6) is 1.62. The molecule has 86 valence electrons. The quantitative estimate of drug-likeness (QED) is 0.815. The molecule has 1 aromatic heterocycles. The Bertz CT molecular complexity index is 359. The largest absolute Gasteiger partial charge is 0.477 e. The first-order chi connectivity index (χ1) is 7.80. The summed E-state index contributed by atoms with van der Waals surface area (Å²) >= 11 is 0. The number of hydrogen-bond donors (Lipinski definition) is 1. The van der Waals surface area contributed by atoms with E-state index >= 15 is 0 Å². The minimum atomic E-state index is 0.463. The van der Waals surface area contributed by atoms with Crippen LogP contribution in [0, 0.1) is 5.92 Å². The van der Waals surface area contributed by atoms with Crippen LogP contribution in [0.4, 0.5) is 0 Å². The predicted octanol–water partition coefficient (Wildman–Crippen LogP) is 1.52. The van der Waals surface area contributed by atoms with E-state index in [-0.39, 0.29) is 0 Å². The molecule has 0 radical (unpaired) electrons. The third-order valence-corrected chi connectivity index (χ3v) is 3.67. The molecule has 3 aliphatic carbocycles. The van der Waals surface area contributed by atoms with Crippen molar-refractivity contribution in [1.82, 2.24) is 15.5 Å². The van der Waals surface area contributed by atoms with E-state index in [9.17, 15) is 0 Å². The van der Waals surface area contributed by atoms with Crippen molar-refractivity contribution in [3.8, 4) is 5.88 Å². The van der Waals surface area contributed by atoms with Gasteiger partial charge in [0.1, 0.15) is 0 Å². The van der Waals surface area contributed by atoms with Crippen LogP contribution in [-0.2, 0) is 6.54 Å². The molecule has 4 nitrogen and oxygen atoms in total. The van der Waals surface area contributed by atoms with Gasteiger partial charge < -0.3 is 10.1 Å². The predicted molar refractivity (Wildman–Crippen MR) is 60.1 cm³/mol. The van der Waals surface area contributed by atoms with Crippen LogP contribution in [0.2, 0.25) is 0 Å². The van der Waals surface area contributed by atoms with Crippen LogP contribution in [0.25, 0.3) is 0 Å². The van der Waals surface area contributed by atoms with Crippen molar-refractivity contribution in [2.75, 3.05) is 6.61 Å². The molecule has 0 atom stereocenters. The number of nitrogens with one attached hydrogen (secondary N) is 1. The highest BCUT2D eigenvalue weighted by atomic mass is 16.5. The van der Waals surface area contributed by atoms with Gasteiger partial charge in [-0.05, 0) is 38.2 Å². The molecule has 3 aliphatic rings. The standard InChI is InChI=1S/C12H17N3O/c1-2-16-11-4-3-10(14-15-11)8-13-12-5-9(6-12)7-12/h3-4,9,13H,2,5-8H2,1H3. The maximum Gasteiger partial charge on any atom is 0.233 e. The van der Waals surface area contributed by atoms with Gasteiger partial charge in [0.15, 0.2) is 0 Å². The van der Waals surface area contributed by atoms with Crippen molar-refractivity contribution < 1.29 is 4.74 Å². The number of nitrogens with zero attached hydrogens (tertiary/aromatic N) is 2. The van der Waals surface area contributed by atoms with E-state index in [0.29, 0.717) is 18.0 Å². The zero-order valence-corrected chi connectivity index (χ0v) is 9.57. The molecule has 4 rings (SSSR count). The first kappa shape index (κ1) is 10.0. The summed E-state index contributed by atoms with van der Waals surface area (Å²) in [6.07, 6.45) is 4.08. The Balaban J connectivity index is 1.53. The first-order valence-electron chi connectivity index (χ1n) is 6.00. The van der Waals surface area contributed by atoms with Crippen molar-refractivity contribution >= 4 is 0 Å². The minimum Gasteiger partial charge on any atom is -0.477 e. The van der Waals surface area contributed by atoms with Gasteiger partial charge in [-0.1, -0.05) is 0 Å². The Kier molecular flexibility index (Phi) is 2.32. The van der Waals surface area contributed by atoms with Gasteiger partial charge in [0.05, 0.1) is 12.3 Å². The van der Waals surface area contributed by atoms with Gasteiger partial charge in [0, 0.05) is 18.2 Å². The van der Waals surface area contributed by atoms with Crippen LogP contribution >= 0.6 is 0 Å². The summed E-state index contributed by atoms with van der Waals surface area (Å²) in [7, 11) is 0. The van der Waals surface area contributed by atoms with E-state index in [1.54, 1.807) is 0 Å². The zero-order chi connectivity index (χ0) is 11.0. The fraction of sp³-hybridized carbons (Fsp3) is 0.667. The van der Waals surface area contributed by atoms with Crippen LogP contribution in [0.5, 0.6) is 5.88 Å². The maximum absolute atomic E-state index is 5.25. The Morgan fingerprint density at radius 2 is 2.19 bits per heavy atom. The molecule has 2 bridgehead atoms. The van der Waals surface area contributed by atoms with Crippen molar-refractivity contribution in [3.63, 3.8) is 0 Å². The minimum absolute atomic E-state index is 0.463. The highest BCUT2D eigenvalue weighted by molar-refractivity contribution is 5.16. The first-order valence-corrected chi connectivity index (χ1v) is 6.00. The smallest absolute Gasteiger partial charge is 0.233 e. The molecule has 3 fully saturated rings. The summed E-state index contributed by atoms with van der Waals surface area (Å²) in [4.78, 5) is 0. The Hall–Kier alpha value is -1.16. The van der Waals surface area contributed by atoms with E-state index in [4.69, 9.17) is 4.74 Å². The van der Waals surface area contributed by atoms with Crippen LogP contribution in [0.3, 0.4) is 0 Å².